The van der Waals surface area contributed by atoms with E-state index in [1.807, 2.05) is 13.8 Å². The van der Waals surface area contributed by atoms with E-state index in [0.29, 0.717) is 5.02 Å². The summed E-state index contributed by atoms with van der Waals surface area (Å²) in [6, 6.07) is 4.45. The summed E-state index contributed by atoms with van der Waals surface area (Å²) in [6.45, 7) is 3.92. The average Bonchev–Trinajstić information content (AvgIpc) is 2.33. The lowest BCUT2D eigenvalue weighted by Crippen LogP contribution is -2.36. The Balaban J connectivity index is 3.25. The molecule has 6 heteroatoms. The molecule has 1 aromatic carbocycles. The second-order valence-corrected chi connectivity index (χ2v) is 6.58. The first-order valence-electron chi connectivity index (χ1n) is 5.87. The topological polar surface area (TPSA) is 63.4 Å². The summed E-state index contributed by atoms with van der Waals surface area (Å²) in [7, 11) is -2.01. The molecule has 0 fully saturated rings. The molecule has 0 amide bonds. The lowest BCUT2D eigenvalue weighted by atomic mass is 10.2. The van der Waals surface area contributed by atoms with Crippen molar-refractivity contribution in [3.05, 3.63) is 23.2 Å². The fourth-order valence-electron chi connectivity index (χ4n) is 1.89. The smallest absolute Gasteiger partial charge is 0.245 e. The molecule has 0 heterocycles. The van der Waals surface area contributed by atoms with E-state index in [2.05, 4.69) is 0 Å². The van der Waals surface area contributed by atoms with Gasteiger partial charge in [0.15, 0.2) is 0 Å². The van der Waals surface area contributed by atoms with Gasteiger partial charge < -0.3 is 5.73 Å². The van der Waals surface area contributed by atoms with E-state index in [4.69, 9.17) is 17.3 Å². The first-order valence-corrected chi connectivity index (χ1v) is 7.69. The number of halogens is 1. The number of nitrogen functional groups attached to an aromatic ring is 1. The molecule has 0 unspecified atom stereocenters. The molecule has 4 nitrogen and oxygen atoms in total. The molecule has 1 aromatic rings. The van der Waals surface area contributed by atoms with Crippen LogP contribution in [0.25, 0.3) is 0 Å². The summed E-state index contributed by atoms with van der Waals surface area (Å²) in [6.07, 6.45) is 1.51. The first kappa shape index (κ1) is 15.3. The number of hydrogen-bond acceptors (Lipinski definition) is 3. The molecule has 0 aliphatic rings. The van der Waals surface area contributed by atoms with Gasteiger partial charge in [0.1, 0.15) is 4.90 Å². The second kappa shape index (κ2) is 5.91. The third kappa shape index (κ3) is 2.96. The quantitative estimate of drug-likeness (QED) is 0.848. The van der Waals surface area contributed by atoms with Crippen molar-refractivity contribution in [2.24, 2.45) is 0 Å². The molecule has 0 aromatic heterocycles. The van der Waals surface area contributed by atoms with E-state index >= 15 is 0 Å². The van der Waals surface area contributed by atoms with Gasteiger partial charge in [-0.1, -0.05) is 25.4 Å². The van der Waals surface area contributed by atoms with Crippen LogP contribution >= 0.6 is 11.6 Å². The fourth-order valence-corrected chi connectivity index (χ4v) is 3.77. The zero-order valence-electron chi connectivity index (χ0n) is 10.9. The summed E-state index contributed by atoms with van der Waals surface area (Å²) in [5.41, 5.74) is 5.95. The molecular weight excluding hydrogens is 272 g/mol. The highest BCUT2D eigenvalue weighted by Gasteiger charge is 2.27. The van der Waals surface area contributed by atoms with Crippen molar-refractivity contribution < 1.29 is 8.42 Å². The fraction of sp³-hybridized carbons (Fsp3) is 0.500. The van der Waals surface area contributed by atoms with Gasteiger partial charge in [0.25, 0.3) is 0 Å². The predicted octanol–water partition coefficient (Wildman–Crippen LogP) is 2.73. The maximum atomic E-state index is 12.5. The highest BCUT2D eigenvalue weighted by molar-refractivity contribution is 7.89. The van der Waals surface area contributed by atoms with E-state index in [0.717, 1.165) is 12.8 Å². The van der Waals surface area contributed by atoms with Crippen LogP contribution in [-0.4, -0.2) is 25.8 Å². The summed E-state index contributed by atoms with van der Waals surface area (Å²) < 4.78 is 26.3. The summed E-state index contributed by atoms with van der Waals surface area (Å²) in [5.74, 6) is 0. The Morgan fingerprint density at radius 1 is 1.33 bits per heavy atom. The number of rotatable bonds is 5. The van der Waals surface area contributed by atoms with Crippen LogP contribution in [0.15, 0.2) is 23.1 Å². The van der Waals surface area contributed by atoms with Crippen LogP contribution in [-0.2, 0) is 10.0 Å². The van der Waals surface area contributed by atoms with Crippen molar-refractivity contribution in [1.82, 2.24) is 4.31 Å². The number of nitrogens with zero attached hydrogens (tertiary/aromatic N) is 1. The molecule has 18 heavy (non-hydrogen) atoms. The minimum Gasteiger partial charge on any atom is -0.398 e. The highest BCUT2D eigenvalue weighted by atomic mass is 35.5. The van der Waals surface area contributed by atoms with Gasteiger partial charge in [0.2, 0.25) is 10.0 Å². The van der Waals surface area contributed by atoms with Gasteiger partial charge in [-0.3, -0.25) is 0 Å². The van der Waals surface area contributed by atoms with E-state index in [1.165, 1.54) is 16.4 Å². The minimum absolute atomic E-state index is 0.0339. The standard InChI is InChI=1S/C12H19ClN2O2S/c1-4-10(5-2)15(3)18(16,17)12-8-9(13)6-7-11(12)14/h6-8,10H,4-5,14H2,1-3H3. The molecule has 0 atom stereocenters. The summed E-state index contributed by atoms with van der Waals surface area (Å²) >= 11 is 5.84. The second-order valence-electron chi connectivity index (χ2n) is 4.17. The first-order chi connectivity index (χ1) is 8.34. The summed E-state index contributed by atoms with van der Waals surface area (Å²) in [4.78, 5) is 0.0735. The molecule has 0 spiro atoms. The molecule has 0 saturated carbocycles. The number of hydrogen-bond donors (Lipinski definition) is 1. The van der Waals surface area contributed by atoms with Crippen molar-refractivity contribution in [1.29, 1.82) is 0 Å². The molecule has 0 saturated heterocycles. The molecule has 0 bridgehead atoms. The van der Waals surface area contributed by atoms with Gasteiger partial charge in [0, 0.05) is 18.1 Å². The van der Waals surface area contributed by atoms with Crippen molar-refractivity contribution in [3.8, 4) is 0 Å². The van der Waals surface area contributed by atoms with Gasteiger partial charge in [-0.15, -0.1) is 0 Å². The Morgan fingerprint density at radius 2 is 1.89 bits per heavy atom. The zero-order chi connectivity index (χ0) is 13.9. The Morgan fingerprint density at radius 3 is 2.39 bits per heavy atom. The lowest BCUT2D eigenvalue weighted by molar-refractivity contribution is 0.350. The molecule has 102 valence electrons. The van der Waals surface area contributed by atoms with Crippen LogP contribution in [0.1, 0.15) is 26.7 Å². The summed E-state index contributed by atoms with van der Waals surface area (Å²) in [5, 5.41) is 0.362. The third-order valence-corrected chi connectivity index (χ3v) is 5.29. The monoisotopic (exact) mass is 290 g/mol. The van der Waals surface area contributed by atoms with Crippen LogP contribution < -0.4 is 5.73 Å². The minimum atomic E-state index is -3.59. The van der Waals surface area contributed by atoms with Crippen molar-refractivity contribution in [3.63, 3.8) is 0 Å². The number of sulfonamides is 1. The van der Waals surface area contributed by atoms with Gasteiger partial charge >= 0.3 is 0 Å². The van der Waals surface area contributed by atoms with Crippen LogP contribution in [0.4, 0.5) is 5.69 Å². The maximum absolute atomic E-state index is 12.5. The number of benzene rings is 1. The maximum Gasteiger partial charge on any atom is 0.245 e. The van der Waals surface area contributed by atoms with Gasteiger partial charge in [0.05, 0.1) is 5.69 Å². The Kier molecular flexibility index (Phi) is 5.01. The van der Waals surface area contributed by atoms with Crippen molar-refractivity contribution in [2.45, 2.75) is 37.6 Å². The molecule has 1 rings (SSSR count). The van der Waals surface area contributed by atoms with Gasteiger partial charge in [-0.25, -0.2) is 8.42 Å². The van der Waals surface area contributed by atoms with Crippen LogP contribution in [0.3, 0.4) is 0 Å². The lowest BCUT2D eigenvalue weighted by Gasteiger charge is -2.26. The van der Waals surface area contributed by atoms with Crippen LogP contribution in [0.5, 0.6) is 0 Å². The van der Waals surface area contributed by atoms with Crippen LogP contribution in [0, 0.1) is 0 Å². The highest BCUT2D eigenvalue weighted by Crippen LogP contribution is 2.27. The molecule has 0 radical (unpaired) electrons. The van der Waals surface area contributed by atoms with Crippen molar-refractivity contribution >= 4 is 27.3 Å². The van der Waals surface area contributed by atoms with E-state index < -0.39 is 10.0 Å². The van der Waals surface area contributed by atoms with Crippen LogP contribution in [0.2, 0.25) is 5.02 Å². The molecule has 0 aliphatic heterocycles. The van der Waals surface area contributed by atoms with Crippen molar-refractivity contribution in [2.75, 3.05) is 12.8 Å². The Bertz CT molecular complexity index is 513. The van der Waals surface area contributed by atoms with E-state index in [1.54, 1.807) is 13.1 Å². The predicted molar refractivity (Wildman–Crippen MR) is 75.2 cm³/mol. The number of nitrogens with two attached hydrogens (primary N) is 1. The molecular formula is C12H19ClN2O2S. The number of anilines is 1. The zero-order valence-corrected chi connectivity index (χ0v) is 12.4. The molecule has 2 N–H and O–H groups in total. The van der Waals surface area contributed by atoms with E-state index in [-0.39, 0.29) is 16.6 Å². The molecule has 0 aliphatic carbocycles. The van der Waals surface area contributed by atoms with Gasteiger partial charge in [-0.2, -0.15) is 4.31 Å². The normalized spacial score (nSPS) is 12.3. The Labute approximate surface area is 114 Å². The van der Waals surface area contributed by atoms with E-state index in [9.17, 15) is 8.42 Å². The largest absolute Gasteiger partial charge is 0.398 e. The van der Waals surface area contributed by atoms with Gasteiger partial charge in [-0.05, 0) is 31.0 Å². The average molecular weight is 291 g/mol. The third-order valence-electron chi connectivity index (χ3n) is 3.09. The SMILES string of the molecule is CCC(CC)N(C)S(=O)(=O)c1cc(Cl)ccc1N. The Hall–Kier alpha value is -0.780.